The minimum absolute atomic E-state index is 0.138. The standard InChI is InChI=1S/C17H18FNO2/c1-11-10-12(20)8-9-15(11)19-16(21)17(2,3)13-6-4-5-7-14(13)18/h4-10,20H,1-3H3,(H,19,21). The molecule has 2 rings (SSSR count). The van der Waals surface area contributed by atoms with Crippen LogP contribution in [0.2, 0.25) is 0 Å². The molecule has 2 N–H and O–H groups in total. The first kappa shape index (κ1) is 15.0. The summed E-state index contributed by atoms with van der Waals surface area (Å²) in [6.07, 6.45) is 0. The van der Waals surface area contributed by atoms with Gasteiger partial charge in [-0.25, -0.2) is 4.39 Å². The molecule has 1 amide bonds. The number of hydrogen-bond donors (Lipinski definition) is 2. The van der Waals surface area contributed by atoms with Gasteiger partial charge in [0.05, 0.1) is 5.41 Å². The number of benzene rings is 2. The fourth-order valence-corrected chi connectivity index (χ4v) is 2.16. The number of aromatic hydroxyl groups is 1. The highest BCUT2D eigenvalue weighted by Gasteiger charge is 2.32. The predicted molar refractivity (Wildman–Crippen MR) is 80.9 cm³/mol. The lowest BCUT2D eigenvalue weighted by atomic mass is 9.83. The molecule has 0 saturated heterocycles. The molecule has 0 aromatic heterocycles. The lowest BCUT2D eigenvalue weighted by Gasteiger charge is -2.25. The Morgan fingerprint density at radius 2 is 1.86 bits per heavy atom. The second-order valence-electron chi connectivity index (χ2n) is 5.56. The topological polar surface area (TPSA) is 49.3 Å². The molecule has 2 aromatic rings. The minimum atomic E-state index is -1.00. The SMILES string of the molecule is Cc1cc(O)ccc1NC(=O)C(C)(C)c1ccccc1F. The van der Waals surface area contributed by atoms with Gasteiger partial charge in [0.15, 0.2) is 0 Å². The molecule has 2 aromatic carbocycles. The van der Waals surface area contributed by atoms with Crippen molar-refractivity contribution in [1.29, 1.82) is 0 Å². The summed E-state index contributed by atoms with van der Waals surface area (Å²) in [5.74, 6) is -0.569. The van der Waals surface area contributed by atoms with E-state index in [0.717, 1.165) is 5.56 Å². The number of rotatable bonds is 3. The van der Waals surface area contributed by atoms with Crippen molar-refractivity contribution in [2.24, 2.45) is 0 Å². The van der Waals surface area contributed by atoms with Crippen LogP contribution in [-0.4, -0.2) is 11.0 Å². The maximum atomic E-state index is 13.9. The van der Waals surface area contributed by atoms with Gasteiger partial charge in [-0.3, -0.25) is 4.79 Å². The Kier molecular flexibility index (Phi) is 3.98. The second-order valence-corrected chi connectivity index (χ2v) is 5.56. The molecule has 0 spiro atoms. The Bertz CT molecular complexity index is 680. The molecule has 0 bridgehead atoms. The lowest BCUT2D eigenvalue weighted by molar-refractivity contribution is -0.120. The molecule has 0 radical (unpaired) electrons. The molecule has 0 aliphatic rings. The van der Waals surface area contributed by atoms with Crippen LogP contribution in [0, 0.1) is 12.7 Å². The fourth-order valence-electron chi connectivity index (χ4n) is 2.16. The van der Waals surface area contributed by atoms with Gasteiger partial charge in [0.2, 0.25) is 5.91 Å². The summed E-state index contributed by atoms with van der Waals surface area (Å²) in [6, 6.07) is 10.9. The van der Waals surface area contributed by atoms with Gasteiger partial charge in [-0.05, 0) is 50.6 Å². The van der Waals surface area contributed by atoms with Gasteiger partial charge >= 0.3 is 0 Å². The molecule has 0 atom stereocenters. The Labute approximate surface area is 123 Å². The van der Waals surface area contributed by atoms with Crippen LogP contribution in [-0.2, 0) is 10.2 Å². The van der Waals surface area contributed by atoms with Crippen LogP contribution in [0.25, 0.3) is 0 Å². The number of carbonyl (C=O) groups is 1. The largest absolute Gasteiger partial charge is 0.508 e. The summed E-state index contributed by atoms with van der Waals surface area (Å²) >= 11 is 0. The van der Waals surface area contributed by atoms with E-state index in [2.05, 4.69) is 5.32 Å². The Balaban J connectivity index is 2.29. The van der Waals surface area contributed by atoms with Crippen molar-refractivity contribution >= 4 is 11.6 Å². The molecule has 0 unspecified atom stereocenters. The molecule has 21 heavy (non-hydrogen) atoms. The fraction of sp³-hybridized carbons (Fsp3) is 0.235. The van der Waals surface area contributed by atoms with E-state index in [1.54, 1.807) is 51.1 Å². The van der Waals surface area contributed by atoms with Gasteiger partial charge in [0, 0.05) is 11.3 Å². The van der Waals surface area contributed by atoms with Crippen molar-refractivity contribution < 1.29 is 14.3 Å². The third kappa shape index (κ3) is 3.05. The summed E-state index contributed by atoms with van der Waals surface area (Å²) in [7, 11) is 0. The lowest BCUT2D eigenvalue weighted by Crippen LogP contribution is -2.35. The Hall–Kier alpha value is -2.36. The molecule has 0 fully saturated rings. The van der Waals surface area contributed by atoms with E-state index in [-0.39, 0.29) is 11.7 Å². The van der Waals surface area contributed by atoms with E-state index in [0.29, 0.717) is 11.3 Å². The first-order valence-electron chi connectivity index (χ1n) is 6.68. The average Bonchev–Trinajstić information content (AvgIpc) is 2.42. The molecule has 0 aliphatic carbocycles. The van der Waals surface area contributed by atoms with Crippen molar-refractivity contribution in [1.82, 2.24) is 0 Å². The van der Waals surface area contributed by atoms with Crippen molar-refractivity contribution in [2.75, 3.05) is 5.32 Å². The molecular formula is C17H18FNO2. The Morgan fingerprint density at radius 3 is 2.48 bits per heavy atom. The molecule has 0 aliphatic heterocycles. The van der Waals surface area contributed by atoms with E-state index in [1.807, 2.05) is 0 Å². The molecule has 110 valence electrons. The normalized spacial score (nSPS) is 11.2. The summed E-state index contributed by atoms with van der Waals surface area (Å²) in [4.78, 5) is 12.5. The van der Waals surface area contributed by atoms with Crippen molar-refractivity contribution in [3.05, 3.63) is 59.4 Å². The van der Waals surface area contributed by atoms with E-state index >= 15 is 0 Å². The maximum Gasteiger partial charge on any atom is 0.234 e. The molecular weight excluding hydrogens is 269 g/mol. The van der Waals surface area contributed by atoms with Crippen molar-refractivity contribution in [3.63, 3.8) is 0 Å². The zero-order valence-corrected chi connectivity index (χ0v) is 12.3. The Morgan fingerprint density at radius 1 is 1.19 bits per heavy atom. The second kappa shape index (κ2) is 5.56. The quantitative estimate of drug-likeness (QED) is 0.845. The number of aryl methyl sites for hydroxylation is 1. The van der Waals surface area contributed by atoms with Crippen molar-refractivity contribution in [2.45, 2.75) is 26.2 Å². The summed E-state index contributed by atoms with van der Waals surface area (Å²) in [5.41, 5.74) is 0.684. The van der Waals surface area contributed by atoms with Gasteiger partial charge in [0.25, 0.3) is 0 Å². The monoisotopic (exact) mass is 287 g/mol. The minimum Gasteiger partial charge on any atom is -0.508 e. The van der Waals surface area contributed by atoms with Gasteiger partial charge in [-0.1, -0.05) is 18.2 Å². The van der Waals surface area contributed by atoms with Crippen LogP contribution in [0.4, 0.5) is 10.1 Å². The van der Waals surface area contributed by atoms with Crippen LogP contribution in [0.3, 0.4) is 0 Å². The summed E-state index contributed by atoms with van der Waals surface area (Å²) in [5, 5.41) is 12.2. The summed E-state index contributed by atoms with van der Waals surface area (Å²) in [6.45, 7) is 5.14. The number of anilines is 1. The van der Waals surface area contributed by atoms with Crippen LogP contribution >= 0.6 is 0 Å². The predicted octanol–water partition coefficient (Wildman–Crippen LogP) is 3.76. The zero-order chi connectivity index (χ0) is 15.6. The van der Waals surface area contributed by atoms with Crippen molar-refractivity contribution in [3.8, 4) is 5.75 Å². The molecule has 4 heteroatoms. The molecule has 3 nitrogen and oxygen atoms in total. The number of phenols is 1. The average molecular weight is 287 g/mol. The highest BCUT2D eigenvalue weighted by molar-refractivity contribution is 5.99. The van der Waals surface area contributed by atoms with Crippen LogP contribution in [0.1, 0.15) is 25.0 Å². The summed E-state index contributed by atoms with van der Waals surface area (Å²) < 4.78 is 13.9. The number of carbonyl (C=O) groups excluding carboxylic acids is 1. The van der Waals surface area contributed by atoms with Gasteiger partial charge in [-0.15, -0.1) is 0 Å². The van der Waals surface area contributed by atoms with Crippen LogP contribution < -0.4 is 5.32 Å². The van der Waals surface area contributed by atoms with Crippen LogP contribution in [0.15, 0.2) is 42.5 Å². The first-order valence-corrected chi connectivity index (χ1v) is 6.68. The van der Waals surface area contributed by atoms with Gasteiger partial charge < -0.3 is 10.4 Å². The third-order valence-electron chi connectivity index (χ3n) is 3.57. The number of amides is 1. The first-order chi connectivity index (χ1) is 9.82. The zero-order valence-electron chi connectivity index (χ0n) is 12.3. The van der Waals surface area contributed by atoms with Crippen LogP contribution in [0.5, 0.6) is 5.75 Å². The van der Waals surface area contributed by atoms with Gasteiger partial charge in [0.1, 0.15) is 11.6 Å². The van der Waals surface area contributed by atoms with E-state index in [4.69, 9.17) is 0 Å². The van der Waals surface area contributed by atoms with E-state index in [9.17, 15) is 14.3 Å². The maximum absolute atomic E-state index is 13.9. The number of nitrogens with one attached hydrogen (secondary N) is 1. The molecule has 0 saturated carbocycles. The number of halogens is 1. The van der Waals surface area contributed by atoms with E-state index < -0.39 is 11.2 Å². The highest BCUT2D eigenvalue weighted by atomic mass is 19.1. The highest BCUT2D eigenvalue weighted by Crippen LogP contribution is 2.28. The van der Waals surface area contributed by atoms with E-state index in [1.165, 1.54) is 12.1 Å². The van der Waals surface area contributed by atoms with Gasteiger partial charge in [-0.2, -0.15) is 0 Å². The third-order valence-corrected chi connectivity index (χ3v) is 3.57. The smallest absolute Gasteiger partial charge is 0.234 e. The number of phenolic OH excluding ortho intramolecular Hbond substituents is 1. The molecule has 0 heterocycles. The number of hydrogen-bond acceptors (Lipinski definition) is 2.